The molecule has 0 spiro atoms. The standard InChI is InChI=1S/C45H66ClN5O6S/c1-5-7-12-33-26-36(46)15-16-38(33)35-28-51-27-34-14-17-39(34)45(57-6-2,31-49-23-24-50-22-9-8-13-37(50)29-49)21-10-11-32(3)42(20-25-55-4)58(53,54)48-44(52)40-18-19-41(56-30-35)43(51)47-40/h10,15-16,18-19,21,26,32,34-35,37,39,42H,5-9,11-14,17,20,22-25,27-31H2,1-4H3,(H,48,52)/b21-10+/t32-,34-,35-,37+,39+,42+,45+/m0/s1. The van der Waals surface area contributed by atoms with E-state index in [1.165, 1.54) is 36.9 Å². The lowest BCUT2D eigenvalue weighted by molar-refractivity contribution is -0.116. The van der Waals surface area contributed by atoms with Crippen LogP contribution in [0.15, 0.2) is 42.5 Å². The highest BCUT2D eigenvalue weighted by atomic mass is 35.5. The quantitative estimate of drug-likeness (QED) is 0.236. The predicted octanol–water partition coefficient (Wildman–Crippen LogP) is 7.09. The number of halogens is 1. The first-order valence-electron chi connectivity index (χ1n) is 22.0. The molecule has 7 rings (SSSR count). The Morgan fingerprint density at radius 3 is 2.69 bits per heavy atom. The number of pyridine rings is 1. The van der Waals surface area contributed by atoms with Crippen molar-refractivity contribution in [1.29, 1.82) is 0 Å². The number of piperazine rings is 1. The summed E-state index contributed by atoms with van der Waals surface area (Å²) in [5.74, 6) is 0.686. The number of sulfonamides is 1. The molecule has 2 aromatic rings. The molecule has 5 heterocycles. The number of methoxy groups -OCH3 is 1. The smallest absolute Gasteiger partial charge is 0.283 e. The van der Waals surface area contributed by atoms with Crippen LogP contribution in [0.4, 0.5) is 5.82 Å². The van der Waals surface area contributed by atoms with E-state index in [4.69, 9.17) is 30.8 Å². The zero-order valence-electron chi connectivity index (χ0n) is 35.2. The Labute approximate surface area is 352 Å². The molecular weight excluding hydrogens is 774 g/mol. The maximum atomic E-state index is 14.1. The SMILES string of the molecule is CCCCc1cc(Cl)ccc1[C@@H]1COc2ccc3nc2N(C1)C[C@@H]1CC[C@H]1[C@@](CN1CCN2CCCC[C@@H]2C1)(OCC)/C=C/C[C@H](C)[C@@H](CCOC)S(=O)(=O)NC3=O. The molecule has 2 saturated heterocycles. The Kier molecular flexibility index (Phi) is 14.4. The predicted molar refractivity (Wildman–Crippen MR) is 231 cm³/mol. The lowest BCUT2D eigenvalue weighted by Gasteiger charge is -2.53. The van der Waals surface area contributed by atoms with Gasteiger partial charge in [0, 0.05) is 76.6 Å². The van der Waals surface area contributed by atoms with E-state index < -0.39 is 26.8 Å². The lowest BCUT2D eigenvalue weighted by atomic mass is 9.63. The molecule has 1 amide bonds. The largest absolute Gasteiger partial charge is 0.489 e. The first-order chi connectivity index (χ1) is 28.0. The molecule has 0 unspecified atom stereocenters. The summed E-state index contributed by atoms with van der Waals surface area (Å²) >= 11 is 6.57. The van der Waals surface area contributed by atoms with Gasteiger partial charge in [-0.15, -0.1) is 0 Å². The number of carbonyl (C=O) groups is 1. The van der Waals surface area contributed by atoms with E-state index >= 15 is 0 Å². The van der Waals surface area contributed by atoms with Crippen molar-refractivity contribution < 1.29 is 27.4 Å². The molecule has 1 saturated carbocycles. The van der Waals surface area contributed by atoms with Gasteiger partial charge in [-0.1, -0.05) is 56.5 Å². The third-order valence-corrected chi connectivity index (χ3v) is 15.9. The van der Waals surface area contributed by atoms with Gasteiger partial charge in [-0.3, -0.25) is 14.6 Å². The van der Waals surface area contributed by atoms with Gasteiger partial charge in [0.2, 0.25) is 10.0 Å². The van der Waals surface area contributed by atoms with Gasteiger partial charge in [-0.25, -0.2) is 18.1 Å². The third kappa shape index (κ3) is 9.73. The second-order valence-corrected chi connectivity index (χ2v) is 19.9. The molecule has 2 bridgehead atoms. The van der Waals surface area contributed by atoms with Gasteiger partial charge in [0.15, 0.2) is 11.6 Å². The van der Waals surface area contributed by atoms with Crippen molar-refractivity contribution in [2.24, 2.45) is 17.8 Å². The van der Waals surface area contributed by atoms with Crippen LogP contribution in [-0.4, -0.2) is 119 Å². The molecule has 320 valence electrons. The van der Waals surface area contributed by atoms with Gasteiger partial charge in [-0.2, -0.15) is 0 Å². The Balaban J connectivity index is 1.29. The number of ether oxygens (including phenoxy) is 3. The Bertz CT molecular complexity index is 1860. The normalized spacial score (nSPS) is 31.2. The average Bonchev–Trinajstić information content (AvgIpc) is 3.37. The number of anilines is 1. The Morgan fingerprint density at radius 1 is 1.05 bits per heavy atom. The van der Waals surface area contributed by atoms with E-state index in [1.807, 2.05) is 13.0 Å². The molecule has 58 heavy (non-hydrogen) atoms. The number of unbranched alkanes of at least 4 members (excludes halogenated alkanes) is 1. The summed E-state index contributed by atoms with van der Waals surface area (Å²) < 4.78 is 49.6. The number of hydrogen-bond donors (Lipinski definition) is 1. The molecular formula is C45H66ClN5O6S. The minimum absolute atomic E-state index is 0.0199. The van der Waals surface area contributed by atoms with Crippen LogP contribution in [0.3, 0.4) is 0 Å². The highest BCUT2D eigenvalue weighted by Crippen LogP contribution is 2.47. The fourth-order valence-electron chi connectivity index (χ4n) is 10.5. The first-order valence-corrected chi connectivity index (χ1v) is 24.0. The number of aromatic nitrogens is 1. The second-order valence-electron chi connectivity index (χ2n) is 17.5. The number of piperidine rings is 1. The van der Waals surface area contributed by atoms with Crippen molar-refractivity contribution in [1.82, 2.24) is 19.5 Å². The van der Waals surface area contributed by atoms with Gasteiger partial charge >= 0.3 is 0 Å². The summed E-state index contributed by atoms with van der Waals surface area (Å²) in [6.45, 7) is 14.0. The van der Waals surface area contributed by atoms with Crippen molar-refractivity contribution in [2.75, 3.05) is 77.6 Å². The second kappa shape index (κ2) is 19.3. The van der Waals surface area contributed by atoms with Crippen LogP contribution >= 0.6 is 11.6 Å². The molecule has 1 aliphatic carbocycles. The average molecular weight is 841 g/mol. The fourth-order valence-corrected chi connectivity index (χ4v) is 12.3. The minimum Gasteiger partial charge on any atom is -0.489 e. The maximum Gasteiger partial charge on any atom is 0.283 e. The number of carbonyl (C=O) groups excluding carboxylic acids is 1. The Hall–Kier alpha value is -2.74. The van der Waals surface area contributed by atoms with Gasteiger partial charge in [0.25, 0.3) is 5.91 Å². The number of hydrogen-bond acceptors (Lipinski definition) is 10. The van der Waals surface area contributed by atoms with Crippen LogP contribution in [0.2, 0.25) is 5.02 Å². The highest BCUT2D eigenvalue weighted by Gasteiger charge is 2.49. The summed E-state index contributed by atoms with van der Waals surface area (Å²) in [6, 6.07) is 10.2. The number of allylic oxidation sites excluding steroid dienone is 1. The minimum atomic E-state index is -4.11. The summed E-state index contributed by atoms with van der Waals surface area (Å²) in [7, 11) is -2.54. The number of nitrogens with one attached hydrogen (secondary N) is 1. The van der Waals surface area contributed by atoms with Crippen molar-refractivity contribution in [3.8, 4) is 5.75 Å². The van der Waals surface area contributed by atoms with Crippen molar-refractivity contribution in [2.45, 2.75) is 108 Å². The van der Waals surface area contributed by atoms with Crippen molar-refractivity contribution in [3.63, 3.8) is 0 Å². The van der Waals surface area contributed by atoms with Gasteiger partial charge in [0.05, 0.1) is 11.9 Å². The Morgan fingerprint density at radius 2 is 1.91 bits per heavy atom. The monoisotopic (exact) mass is 839 g/mol. The lowest BCUT2D eigenvalue weighted by Crippen LogP contribution is -2.61. The molecule has 11 nitrogen and oxygen atoms in total. The molecule has 5 aliphatic rings. The molecule has 1 N–H and O–H groups in total. The van der Waals surface area contributed by atoms with E-state index in [1.54, 1.807) is 19.2 Å². The van der Waals surface area contributed by atoms with Gasteiger partial charge < -0.3 is 19.1 Å². The van der Waals surface area contributed by atoms with Crippen molar-refractivity contribution in [3.05, 3.63) is 64.3 Å². The van der Waals surface area contributed by atoms with E-state index in [0.717, 1.165) is 63.3 Å². The maximum absolute atomic E-state index is 14.1. The van der Waals surface area contributed by atoms with Crippen LogP contribution in [-0.2, 0) is 25.9 Å². The summed E-state index contributed by atoms with van der Waals surface area (Å²) in [5, 5.41) is -0.125. The molecule has 7 atom stereocenters. The van der Waals surface area contributed by atoms with Gasteiger partial charge in [-0.05, 0) is 118 Å². The van der Waals surface area contributed by atoms with Crippen LogP contribution in [0.25, 0.3) is 0 Å². The number of rotatable bonds is 11. The van der Waals surface area contributed by atoms with Crippen molar-refractivity contribution >= 4 is 33.3 Å². The number of benzene rings is 1. The van der Waals surface area contributed by atoms with Crippen LogP contribution < -0.4 is 14.4 Å². The van der Waals surface area contributed by atoms with E-state index in [9.17, 15) is 13.2 Å². The van der Waals surface area contributed by atoms with Crippen LogP contribution in [0, 0.1) is 17.8 Å². The summed E-state index contributed by atoms with van der Waals surface area (Å²) in [5.41, 5.74) is 1.95. The summed E-state index contributed by atoms with van der Waals surface area (Å²) in [6.07, 6.45) is 14.2. The number of amides is 1. The number of fused-ring (bicyclic) bond motifs is 3. The van der Waals surface area contributed by atoms with E-state index in [0.29, 0.717) is 56.3 Å². The molecule has 13 heteroatoms. The zero-order valence-corrected chi connectivity index (χ0v) is 36.7. The number of nitrogens with zero attached hydrogens (tertiary/aromatic N) is 4. The van der Waals surface area contributed by atoms with Crippen LogP contribution in [0.5, 0.6) is 5.75 Å². The molecule has 3 fully saturated rings. The third-order valence-electron chi connectivity index (χ3n) is 13.7. The van der Waals surface area contributed by atoms with E-state index in [2.05, 4.69) is 57.6 Å². The topological polar surface area (TPSA) is 114 Å². The molecule has 4 aliphatic heterocycles. The molecule has 1 aromatic heterocycles. The molecule has 1 aromatic carbocycles. The fraction of sp³-hybridized carbons (Fsp3) is 0.689. The van der Waals surface area contributed by atoms with Gasteiger partial charge in [0.1, 0.15) is 11.3 Å². The first kappa shape index (κ1) is 43.4. The van der Waals surface area contributed by atoms with Crippen LogP contribution in [0.1, 0.15) is 106 Å². The molecule has 0 radical (unpaired) electrons. The van der Waals surface area contributed by atoms with E-state index in [-0.39, 0.29) is 36.5 Å². The highest BCUT2D eigenvalue weighted by molar-refractivity contribution is 7.90. The summed E-state index contributed by atoms with van der Waals surface area (Å²) in [4.78, 5) is 26.4. The number of aryl methyl sites for hydroxylation is 1. The zero-order chi connectivity index (χ0) is 40.9.